The smallest absolute Gasteiger partial charge is 0.141 e. The third kappa shape index (κ3) is 2.47. The highest BCUT2D eigenvalue weighted by molar-refractivity contribution is 6.38. The van der Waals surface area contributed by atoms with Gasteiger partial charge in [0.05, 0.1) is 30.5 Å². The van der Waals surface area contributed by atoms with E-state index in [0.29, 0.717) is 21.5 Å². The molecule has 0 aliphatic heterocycles. The van der Waals surface area contributed by atoms with Crippen molar-refractivity contribution in [1.82, 2.24) is 10.2 Å². The lowest BCUT2D eigenvalue weighted by Crippen LogP contribution is -2.13. The van der Waals surface area contributed by atoms with Gasteiger partial charge in [-0.1, -0.05) is 23.2 Å². The molecule has 3 rings (SSSR count). The van der Waals surface area contributed by atoms with Crippen molar-refractivity contribution >= 4 is 23.2 Å². The molecule has 21 heavy (non-hydrogen) atoms. The van der Waals surface area contributed by atoms with E-state index >= 15 is 0 Å². The number of methoxy groups -OCH3 is 2. The van der Waals surface area contributed by atoms with Gasteiger partial charge in [-0.25, -0.2) is 0 Å². The standard InChI is InChI=1S/C15H16Cl2N2O2/c1-20-11-6-12(21-2)15(17)13(14(11)16)8-3-4-9-7-18-19-10(9)5-8/h6-8H,3-5H2,1-2H3,(H,18,19). The molecule has 0 saturated heterocycles. The van der Waals surface area contributed by atoms with Crippen LogP contribution in [0.3, 0.4) is 0 Å². The average Bonchev–Trinajstić information content (AvgIpc) is 2.95. The average molecular weight is 327 g/mol. The van der Waals surface area contributed by atoms with Crippen LogP contribution in [0.15, 0.2) is 12.3 Å². The lowest BCUT2D eigenvalue weighted by molar-refractivity contribution is 0.392. The van der Waals surface area contributed by atoms with Crippen molar-refractivity contribution < 1.29 is 9.47 Å². The molecule has 0 spiro atoms. The first-order valence-electron chi connectivity index (χ1n) is 6.76. The Kier molecular flexibility index (Phi) is 4.00. The predicted octanol–water partition coefficient (Wildman–Crippen LogP) is 4.01. The second-order valence-electron chi connectivity index (χ2n) is 5.14. The summed E-state index contributed by atoms with van der Waals surface area (Å²) in [4.78, 5) is 0. The second kappa shape index (κ2) is 5.78. The van der Waals surface area contributed by atoms with Crippen LogP contribution in [0.1, 0.15) is 29.2 Å². The maximum Gasteiger partial charge on any atom is 0.141 e. The van der Waals surface area contributed by atoms with E-state index in [4.69, 9.17) is 32.7 Å². The minimum Gasteiger partial charge on any atom is -0.495 e. The Morgan fingerprint density at radius 3 is 2.48 bits per heavy atom. The van der Waals surface area contributed by atoms with Gasteiger partial charge < -0.3 is 9.47 Å². The molecule has 1 N–H and O–H groups in total. The van der Waals surface area contributed by atoms with Crippen LogP contribution in [0.4, 0.5) is 0 Å². The quantitative estimate of drug-likeness (QED) is 0.927. The van der Waals surface area contributed by atoms with Crippen molar-refractivity contribution in [2.45, 2.75) is 25.2 Å². The summed E-state index contributed by atoms with van der Waals surface area (Å²) in [5.41, 5.74) is 3.32. The first-order chi connectivity index (χ1) is 10.2. The number of benzene rings is 1. The van der Waals surface area contributed by atoms with Crippen LogP contribution in [-0.2, 0) is 12.8 Å². The lowest BCUT2D eigenvalue weighted by atomic mass is 9.83. The highest BCUT2D eigenvalue weighted by Crippen LogP contribution is 2.46. The molecule has 1 heterocycles. The van der Waals surface area contributed by atoms with Crippen molar-refractivity contribution in [1.29, 1.82) is 0 Å². The van der Waals surface area contributed by atoms with Gasteiger partial charge in [0, 0.05) is 17.3 Å². The van der Waals surface area contributed by atoms with Crippen molar-refractivity contribution in [3.05, 3.63) is 39.1 Å². The molecular formula is C15H16Cl2N2O2. The SMILES string of the molecule is COc1cc(OC)c(Cl)c(C2CCc3cn[nH]c3C2)c1Cl. The maximum absolute atomic E-state index is 6.49. The van der Waals surface area contributed by atoms with Crippen molar-refractivity contribution in [2.24, 2.45) is 0 Å². The molecule has 0 bridgehead atoms. The zero-order valence-electron chi connectivity index (χ0n) is 11.9. The first kappa shape index (κ1) is 14.5. The number of hydrogen-bond donors (Lipinski definition) is 1. The number of nitrogens with zero attached hydrogens (tertiary/aromatic N) is 1. The molecule has 0 radical (unpaired) electrons. The summed E-state index contributed by atoms with van der Waals surface area (Å²) in [6, 6.07) is 1.72. The van der Waals surface area contributed by atoms with E-state index in [2.05, 4.69) is 10.2 Å². The van der Waals surface area contributed by atoms with Crippen LogP contribution >= 0.6 is 23.2 Å². The van der Waals surface area contributed by atoms with Gasteiger partial charge in [-0.3, -0.25) is 5.10 Å². The molecule has 1 aliphatic carbocycles. The lowest BCUT2D eigenvalue weighted by Gasteiger charge is -2.25. The number of fused-ring (bicyclic) bond motifs is 1. The molecule has 0 amide bonds. The summed E-state index contributed by atoms with van der Waals surface area (Å²) >= 11 is 13.0. The Morgan fingerprint density at radius 2 is 1.86 bits per heavy atom. The Balaban J connectivity index is 2.06. The molecule has 4 nitrogen and oxygen atoms in total. The topological polar surface area (TPSA) is 47.1 Å². The number of H-pyrrole nitrogens is 1. The number of nitrogens with one attached hydrogen (secondary N) is 1. The van der Waals surface area contributed by atoms with Crippen LogP contribution in [0.2, 0.25) is 10.0 Å². The van der Waals surface area contributed by atoms with E-state index < -0.39 is 0 Å². The number of ether oxygens (including phenoxy) is 2. The number of halogens is 2. The highest BCUT2D eigenvalue weighted by atomic mass is 35.5. The van der Waals surface area contributed by atoms with Gasteiger partial charge in [0.2, 0.25) is 0 Å². The normalized spacial score (nSPS) is 17.4. The van der Waals surface area contributed by atoms with E-state index in [9.17, 15) is 0 Å². The van der Waals surface area contributed by atoms with Crippen LogP contribution in [0, 0.1) is 0 Å². The van der Waals surface area contributed by atoms with Gasteiger partial charge >= 0.3 is 0 Å². The zero-order chi connectivity index (χ0) is 15.0. The van der Waals surface area contributed by atoms with Gasteiger partial charge in [-0.05, 0) is 30.7 Å². The fraction of sp³-hybridized carbons (Fsp3) is 0.400. The molecule has 112 valence electrons. The number of aromatic amines is 1. The summed E-state index contributed by atoms with van der Waals surface area (Å²) in [5.74, 6) is 1.40. The van der Waals surface area contributed by atoms with Crippen LogP contribution in [0.25, 0.3) is 0 Å². The Hall–Kier alpha value is -1.39. The van der Waals surface area contributed by atoms with Gasteiger partial charge in [0.1, 0.15) is 11.5 Å². The Bertz CT molecular complexity index is 642. The Morgan fingerprint density at radius 1 is 1.19 bits per heavy atom. The molecule has 1 atom stereocenters. The van der Waals surface area contributed by atoms with Crippen molar-refractivity contribution in [3.8, 4) is 11.5 Å². The van der Waals surface area contributed by atoms with Gasteiger partial charge in [0.15, 0.2) is 0 Å². The fourth-order valence-electron chi connectivity index (χ4n) is 2.92. The Labute approximate surface area is 133 Å². The fourth-order valence-corrected chi connectivity index (χ4v) is 3.73. The van der Waals surface area contributed by atoms with Crippen LogP contribution < -0.4 is 9.47 Å². The van der Waals surface area contributed by atoms with Gasteiger partial charge in [0.25, 0.3) is 0 Å². The molecule has 6 heteroatoms. The zero-order valence-corrected chi connectivity index (χ0v) is 13.4. The monoisotopic (exact) mass is 326 g/mol. The summed E-state index contributed by atoms with van der Waals surface area (Å²) < 4.78 is 10.7. The maximum atomic E-state index is 6.49. The largest absolute Gasteiger partial charge is 0.495 e. The minimum atomic E-state index is 0.224. The van der Waals surface area contributed by atoms with Crippen LogP contribution in [0.5, 0.6) is 11.5 Å². The number of aromatic nitrogens is 2. The molecule has 0 saturated carbocycles. The van der Waals surface area contributed by atoms with Crippen LogP contribution in [-0.4, -0.2) is 24.4 Å². The summed E-state index contributed by atoms with van der Waals surface area (Å²) in [6.45, 7) is 0. The van der Waals surface area contributed by atoms with E-state index in [1.54, 1.807) is 20.3 Å². The van der Waals surface area contributed by atoms with E-state index in [1.807, 2.05) is 6.20 Å². The van der Waals surface area contributed by atoms with E-state index in [1.165, 1.54) is 5.56 Å². The third-order valence-corrected chi connectivity index (χ3v) is 4.82. The molecule has 1 aliphatic rings. The molecular weight excluding hydrogens is 311 g/mol. The molecule has 2 aromatic rings. The minimum absolute atomic E-state index is 0.224. The number of aryl methyl sites for hydroxylation is 1. The van der Waals surface area contributed by atoms with Crippen molar-refractivity contribution in [3.63, 3.8) is 0 Å². The van der Waals surface area contributed by atoms with Crippen molar-refractivity contribution in [2.75, 3.05) is 14.2 Å². The molecule has 1 aromatic carbocycles. The molecule has 1 unspecified atom stereocenters. The molecule has 0 fully saturated rings. The third-order valence-electron chi connectivity index (χ3n) is 4.04. The first-order valence-corrected chi connectivity index (χ1v) is 7.52. The number of hydrogen-bond acceptors (Lipinski definition) is 3. The van der Waals surface area contributed by atoms with E-state index in [-0.39, 0.29) is 5.92 Å². The predicted molar refractivity (Wildman–Crippen MR) is 82.9 cm³/mol. The summed E-state index contributed by atoms with van der Waals surface area (Å²) in [7, 11) is 3.18. The van der Waals surface area contributed by atoms with Gasteiger partial charge in [-0.15, -0.1) is 0 Å². The highest BCUT2D eigenvalue weighted by Gasteiger charge is 2.28. The summed E-state index contributed by atoms with van der Waals surface area (Å²) in [6.07, 6.45) is 4.66. The molecule has 1 aromatic heterocycles. The summed E-state index contributed by atoms with van der Waals surface area (Å²) in [5, 5.41) is 8.29. The van der Waals surface area contributed by atoms with E-state index in [0.717, 1.165) is 30.5 Å². The number of rotatable bonds is 3. The second-order valence-corrected chi connectivity index (χ2v) is 5.89. The van der Waals surface area contributed by atoms with Gasteiger partial charge in [-0.2, -0.15) is 5.10 Å².